The van der Waals surface area contributed by atoms with Crippen LogP contribution in [-0.2, 0) is 44.7 Å². The summed E-state index contributed by atoms with van der Waals surface area (Å²) in [6.07, 6.45) is 6.00. The molecule has 55 heavy (non-hydrogen) atoms. The number of hydrogen-bond acceptors (Lipinski definition) is 8. The Balaban J connectivity index is 1.74. The quantitative estimate of drug-likeness (QED) is 0.175. The summed E-state index contributed by atoms with van der Waals surface area (Å²) in [6.45, 7) is 8.94. The molecule has 6 atom stereocenters. The molecule has 4 rings (SSSR count). The first kappa shape index (κ1) is 42.9. The number of allylic oxidation sites excluding steroid dienone is 1. The second-order valence-corrected chi connectivity index (χ2v) is 14.8. The highest BCUT2D eigenvalue weighted by Gasteiger charge is 2.49. The van der Waals surface area contributed by atoms with E-state index in [1.807, 2.05) is 6.92 Å². The number of amides is 6. The average molecular weight is 769 g/mol. The van der Waals surface area contributed by atoms with Gasteiger partial charge in [0, 0.05) is 26.6 Å². The van der Waals surface area contributed by atoms with Crippen LogP contribution in [0.25, 0.3) is 0 Å². The normalized spacial score (nSPS) is 25.7. The fourth-order valence-corrected chi connectivity index (χ4v) is 7.82. The van der Waals surface area contributed by atoms with E-state index in [-0.39, 0.29) is 45.2 Å². The van der Waals surface area contributed by atoms with Gasteiger partial charge in [-0.3, -0.25) is 28.8 Å². The van der Waals surface area contributed by atoms with E-state index in [0.717, 1.165) is 12.8 Å². The molecule has 0 unspecified atom stereocenters. The molecule has 15 heteroatoms. The lowest BCUT2D eigenvalue weighted by molar-refractivity contribution is -0.163. The molecular weight excluding hydrogens is 711 g/mol. The predicted molar refractivity (Wildman–Crippen MR) is 201 cm³/mol. The molecule has 1 aromatic carbocycles. The van der Waals surface area contributed by atoms with Gasteiger partial charge in [0.15, 0.2) is 0 Å². The molecule has 6 amide bonds. The third-order valence-electron chi connectivity index (χ3n) is 11.2. The monoisotopic (exact) mass is 768 g/mol. The van der Waals surface area contributed by atoms with E-state index in [2.05, 4.69) is 16.0 Å². The van der Waals surface area contributed by atoms with Crippen LogP contribution in [0.2, 0.25) is 0 Å². The molecule has 3 N–H and O–H groups in total. The zero-order chi connectivity index (χ0) is 40.4. The van der Waals surface area contributed by atoms with Gasteiger partial charge in [-0.05, 0) is 82.6 Å². The molecule has 302 valence electrons. The minimum absolute atomic E-state index is 0.127. The minimum Gasteiger partial charge on any atom is -0.458 e. The number of nitrogens with zero attached hydrogens (tertiary/aromatic N) is 3. The van der Waals surface area contributed by atoms with Crippen LogP contribution in [0, 0.1) is 5.82 Å². The summed E-state index contributed by atoms with van der Waals surface area (Å²) in [4.78, 5) is 102. The van der Waals surface area contributed by atoms with Gasteiger partial charge in [0.25, 0.3) is 0 Å². The third kappa shape index (κ3) is 9.90. The van der Waals surface area contributed by atoms with Crippen LogP contribution in [0.5, 0.6) is 0 Å². The fourth-order valence-electron chi connectivity index (χ4n) is 7.82. The first-order valence-electron chi connectivity index (χ1n) is 19.6. The van der Waals surface area contributed by atoms with Gasteiger partial charge in [0.05, 0.1) is 0 Å². The SMILES string of the molecule is CCCC/C=C/C(=O)N[C@@H](Cc1cccc(F)c1)C(=O)N[C@@H]1C(=O)N2CCC[C@@H]2C(=O)N(C)C(CC)(CC)C(=O)N[C@@H](C)C(=O)N2CCC[C@@H]2C(=O)O[C@H]1C. The Morgan fingerprint density at radius 1 is 0.982 bits per heavy atom. The lowest BCUT2D eigenvalue weighted by atomic mass is 9.88. The summed E-state index contributed by atoms with van der Waals surface area (Å²) in [6, 6.07) is -0.241. The van der Waals surface area contributed by atoms with E-state index in [9.17, 15) is 38.0 Å². The van der Waals surface area contributed by atoms with Gasteiger partial charge < -0.3 is 35.4 Å². The van der Waals surface area contributed by atoms with Crippen LogP contribution >= 0.6 is 0 Å². The number of unbranched alkanes of at least 4 members (excludes halogenated alkanes) is 2. The number of cyclic esters (lactones) is 1. The van der Waals surface area contributed by atoms with E-state index in [4.69, 9.17) is 4.74 Å². The summed E-state index contributed by atoms with van der Waals surface area (Å²) < 4.78 is 20.1. The highest BCUT2D eigenvalue weighted by atomic mass is 19.1. The maximum Gasteiger partial charge on any atom is 0.329 e. The molecule has 0 aliphatic carbocycles. The van der Waals surface area contributed by atoms with E-state index < -0.39 is 89.1 Å². The van der Waals surface area contributed by atoms with Crippen LogP contribution in [0.4, 0.5) is 4.39 Å². The second-order valence-electron chi connectivity index (χ2n) is 14.8. The lowest BCUT2D eigenvalue weighted by Crippen LogP contribution is -2.65. The van der Waals surface area contributed by atoms with Crippen molar-refractivity contribution in [3.05, 3.63) is 47.8 Å². The Morgan fingerprint density at radius 2 is 1.64 bits per heavy atom. The van der Waals surface area contributed by atoms with Crippen LogP contribution in [-0.4, -0.2) is 118 Å². The van der Waals surface area contributed by atoms with Gasteiger partial charge in [-0.2, -0.15) is 0 Å². The number of fused-ring (bicyclic) bond motifs is 2. The summed E-state index contributed by atoms with van der Waals surface area (Å²) in [7, 11) is 1.52. The number of likely N-dealkylation sites (N-methyl/N-ethyl adjacent to an activating group) is 1. The largest absolute Gasteiger partial charge is 0.458 e. The van der Waals surface area contributed by atoms with E-state index >= 15 is 0 Å². The van der Waals surface area contributed by atoms with Gasteiger partial charge in [0.1, 0.15) is 47.7 Å². The van der Waals surface area contributed by atoms with Crippen molar-refractivity contribution in [1.29, 1.82) is 0 Å². The molecule has 0 radical (unpaired) electrons. The third-order valence-corrected chi connectivity index (χ3v) is 11.2. The lowest BCUT2D eigenvalue weighted by Gasteiger charge is -2.42. The summed E-state index contributed by atoms with van der Waals surface area (Å²) >= 11 is 0. The van der Waals surface area contributed by atoms with Crippen molar-refractivity contribution in [2.24, 2.45) is 0 Å². The van der Waals surface area contributed by atoms with Gasteiger partial charge >= 0.3 is 5.97 Å². The molecule has 0 bridgehead atoms. The first-order chi connectivity index (χ1) is 26.2. The summed E-state index contributed by atoms with van der Waals surface area (Å²) in [5, 5.41) is 8.17. The van der Waals surface area contributed by atoms with Gasteiger partial charge in [0.2, 0.25) is 35.4 Å². The fraction of sp³-hybridized carbons (Fsp3) is 0.625. The Bertz CT molecular complexity index is 1630. The highest BCUT2D eigenvalue weighted by Crippen LogP contribution is 2.30. The van der Waals surface area contributed by atoms with E-state index in [1.165, 1.54) is 59.9 Å². The van der Waals surface area contributed by atoms with E-state index in [0.29, 0.717) is 24.8 Å². The zero-order valence-electron chi connectivity index (χ0n) is 32.9. The van der Waals surface area contributed by atoms with Crippen LogP contribution in [0.3, 0.4) is 0 Å². The topological polar surface area (TPSA) is 175 Å². The number of halogens is 1. The number of benzene rings is 1. The number of carbonyl (C=O) groups is 7. The Morgan fingerprint density at radius 3 is 2.27 bits per heavy atom. The van der Waals surface area contributed by atoms with Gasteiger partial charge in [-0.1, -0.05) is 51.8 Å². The molecule has 3 saturated heterocycles. The number of rotatable bonds is 11. The van der Waals surface area contributed by atoms with Gasteiger partial charge in [-0.15, -0.1) is 0 Å². The Kier molecular flexibility index (Phi) is 15.0. The minimum atomic E-state index is -1.52. The number of nitrogens with one attached hydrogen (secondary N) is 3. The molecule has 3 fully saturated rings. The molecule has 0 spiro atoms. The standard InChI is InChI=1S/C40H57FN6O8/c1-7-10-11-12-20-32(48)43-29(24-27-16-13-17-28(41)23-27)34(49)44-33-26(5)55-38(53)31-19-15-22-47(31)35(50)25(4)42-39(54)40(8-2,9-3)45(6)36(51)30-18-14-21-46(30)37(33)52/h12-13,16-17,20,23,25-26,29-31,33H,7-11,14-15,18-19,21-22,24H2,1-6H3,(H,42,54)(H,43,48)(H,44,49)/b20-12+/t25-,26-,29-,30+,31+,33-/m0/s1. The Labute approximate surface area is 322 Å². The Hall–Kier alpha value is -4.82. The van der Waals surface area contributed by atoms with Crippen molar-refractivity contribution < 1.29 is 42.7 Å². The second kappa shape index (κ2) is 19.2. The predicted octanol–water partition coefficient (Wildman–Crippen LogP) is 2.53. The molecule has 3 aliphatic rings. The van der Waals surface area contributed by atoms with E-state index in [1.54, 1.807) is 26.0 Å². The summed E-state index contributed by atoms with van der Waals surface area (Å²) in [5.74, 6) is -4.90. The molecule has 0 saturated carbocycles. The maximum absolute atomic E-state index is 14.6. The molecule has 3 aliphatic heterocycles. The van der Waals surface area contributed by atoms with Crippen molar-refractivity contribution >= 4 is 41.4 Å². The average Bonchev–Trinajstić information content (AvgIpc) is 3.86. The first-order valence-corrected chi connectivity index (χ1v) is 19.6. The zero-order valence-corrected chi connectivity index (χ0v) is 32.9. The smallest absolute Gasteiger partial charge is 0.329 e. The highest BCUT2D eigenvalue weighted by molar-refractivity contribution is 5.99. The molecule has 3 heterocycles. The number of carbonyl (C=O) groups excluding carboxylic acids is 7. The summed E-state index contributed by atoms with van der Waals surface area (Å²) in [5.41, 5.74) is -0.940. The molecule has 0 aromatic heterocycles. The molecule has 14 nitrogen and oxygen atoms in total. The molecule has 1 aromatic rings. The van der Waals surface area contributed by atoms with Crippen molar-refractivity contribution in [3.63, 3.8) is 0 Å². The van der Waals surface area contributed by atoms with Crippen molar-refractivity contribution in [2.75, 3.05) is 20.1 Å². The van der Waals surface area contributed by atoms with Crippen LogP contribution < -0.4 is 16.0 Å². The maximum atomic E-state index is 14.6. The molecular formula is C40H57FN6O8. The number of esters is 1. The number of ether oxygens (including phenoxy) is 1. The van der Waals surface area contributed by atoms with Crippen molar-refractivity contribution in [2.45, 2.75) is 141 Å². The van der Waals surface area contributed by atoms with Gasteiger partial charge in [-0.25, -0.2) is 9.18 Å². The van der Waals surface area contributed by atoms with Crippen molar-refractivity contribution in [3.8, 4) is 0 Å². The van der Waals surface area contributed by atoms with Crippen LogP contribution in [0.15, 0.2) is 36.4 Å². The van der Waals surface area contributed by atoms with Crippen LogP contribution in [0.1, 0.15) is 98.0 Å². The van der Waals surface area contributed by atoms with Crippen molar-refractivity contribution in [1.82, 2.24) is 30.7 Å². The number of hydrogen-bond donors (Lipinski definition) is 3.